The molecular weight excluding hydrogens is 257 g/mol. The van der Waals surface area contributed by atoms with Crippen molar-refractivity contribution in [3.05, 3.63) is 30.1 Å². The summed E-state index contributed by atoms with van der Waals surface area (Å²) < 4.78 is 39.0. The van der Waals surface area contributed by atoms with Gasteiger partial charge in [-0.05, 0) is 18.6 Å². The van der Waals surface area contributed by atoms with Crippen LogP contribution in [0.25, 0.3) is 11.0 Å². The normalized spacial score (nSPS) is 13.9. The lowest BCUT2D eigenvalue weighted by molar-refractivity contribution is -0.203. The molecule has 19 heavy (non-hydrogen) atoms. The van der Waals surface area contributed by atoms with E-state index in [4.69, 9.17) is 0 Å². The molecule has 2 rings (SSSR count). The van der Waals surface area contributed by atoms with Crippen molar-refractivity contribution in [1.82, 2.24) is 9.55 Å². The highest BCUT2D eigenvalue weighted by Crippen LogP contribution is 2.24. The number of hydrogen-bond donors (Lipinski definition) is 1. The lowest BCUT2D eigenvalue weighted by atomic mass is 10.2. The number of imidazole rings is 1. The average molecular weight is 272 g/mol. The van der Waals surface area contributed by atoms with Crippen LogP contribution in [0.15, 0.2) is 24.3 Å². The van der Waals surface area contributed by atoms with Crippen LogP contribution in [0.1, 0.15) is 19.2 Å². The van der Waals surface area contributed by atoms with Crippen LogP contribution in [-0.4, -0.2) is 26.9 Å². The standard InChI is InChI=1S/C13H15F3N2O/c1-2-7-18-10-6-4-3-5-9(10)17-12(18)8-11(19)13(14,15)16/h3-6,11,19H,2,7-8H2,1H3/t11-/m0/s1. The van der Waals surface area contributed by atoms with Crippen molar-refractivity contribution in [3.63, 3.8) is 0 Å². The van der Waals surface area contributed by atoms with Gasteiger partial charge < -0.3 is 9.67 Å². The fourth-order valence-electron chi connectivity index (χ4n) is 2.04. The molecule has 1 atom stereocenters. The highest BCUT2D eigenvalue weighted by molar-refractivity contribution is 5.75. The highest BCUT2D eigenvalue weighted by Gasteiger charge is 2.39. The smallest absolute Gasteiger partial charge is 0.383 e. The fraction of sp³-hybridized carbons (Fsp3) is 0.462. The number of hydrogen-bond acceptors (Lipinski definition) is 2. The molecule has 3 nitrogen and oxygen atoms in total. The second kappa shape index (κ2) is 5.21. The molecule has 1 aromatic carbocycles. The Balaban J connectivity index is 2.39. The van der Waals surface area contributed by atoms with Gasteiger partial charge in [0.15, 0.2) is 6.10 Å². The van der Waals surface area contributed by atoms with Crippen LogP contribution >= 0.6 is 0 Å². The maximum atomic E-state index is 12.4. The largest absolute Gasteiger partial charge is 0.414 e. The molecule has 6 heteroatoms. The lowest BCUT2D eigenvalue weighted by Crippen LogP contribution is -2.31. The highest BCUT2D eigenvalue weighted by atomic mass is 19.4. The van der Waals surface area contributed by atoms with Gasteiger partial charge in [0.25, 0.3) is 0 Å². The Labute approximate surface area is 108 Å². The third-order valence-electron chi connectivity index (χ3n) is 2.93. The number of aromatic nitrogens is 2. The van der Waals surface area contributed by atoms with Gasteiger partial charge in [0.1, 0.15) is 5.82 Å². The van der Waals surface area contributed by atoms with Crippen LogP contribution in [0, 0.1) is 0 Å². The molecule has 0 saturated heterocycles. The van der Waals surface area contributed by atoms with Crippen molar-refractivity contribution in [3.8, 4) is 0 Å². The molecule has 104 valence electrons. The molecule has 2 aromatic rings. The summed E-state index contributed by atoms with van der Waals surface area (Å²) in [5, 5.41) is 9.18. The minimum Gasteiger partial charge on any atom is -0.383 e. The second-order valence-electron chi connectivity index (χ2n) is 4.43. The van der Waals surface area contributed by atoms with Gasteiger partial charge >= 0.3 is 6.18 Å². The zero-order chi connectivity index (χ0) is 14.0. The first-order valence-electron chi connectivity index (χ1n) is 6.12. The minimum absolute atomic E-state index is 0.271. The summed E-state index contributed by atoms with van der Waals surface area (Å²) in [4.78, 5) is 4.19. The van der Waals surface area contributed by atoms with Crippen molar-refractivity contribution in [2.75, 3.05) is 0 Å². The predicted octanol–water partition coefficient (Wildman–Crippen LogP) is 2.91. The zero-order valence-electron chi connectivity index (χ0n) is 10.5. The Bertz CT molecular complexity index is 563. The summed E-state index contributed by atoms with van der Waals surface area (Å²) in [6.45, 7) is 2.53. The first kappa shape index (κ1) is 13.9. The number of aliphatic hydroxyl groups is 1. The van der Waals surface area contributed by atoms with Crippen LogP contribution < -0.4 is 0 Å². The van der Waals surface area contributed by atoms with E-state index in [-0.39, 0.29) is 5.82 Å². The molecule has 0 spiro atoms. The minimum atomic E-state index is -4.62. The summed E-state index contributed by atoms with van der Waals surface area (Å²) in [5.41, 5.74) is 1.45. The van der Waals surface area contributed by atoms with E-state index in [1.165, 1.54) is 0 Å². The summed E-state index contributed by atoms with van der Waals surface area (Å²) in [5.74, 6) is 0.271. The molecule has 1 N–H and O–H groups in total. The Morgan fingerprint density at radius 3 is 2.63 bits per heavy atom. The first-order chi connectivity index (χ1) is 8.93. The van der Waals surface area contributed by atoms with E-state index < -0.39 is 18.7 Å². The maximum absolute atomic E-state index is 12.4. The molecule has 0 aliphatic rings. The number of benzene rings is 1. The first-order valence-corrected chi connectivity index (χ1v) is 6.12. The topological polar surface area (TPSA) is 38.0 Å². The SMILES string of the molecule is CCCn1c(C[C@H](O)C(F)(F)F)nc2ccccc21. The van der Waals surface area contributed by atoms with Gasteiger partial charge in [-0.3, -0.25) is 0 Å². The second-order valence-corrected chi connectivity index (χ2v) is 4.43. The number of para-hydroxylation sites is 2. The Morgan fingerprint density at radius 2 is 2.00 bits per heavy atom. The molecule has 0 saturated carbocycles. The number of fused-ring (bicyclic) bond motifs is 1. The van der Waals surface area contributed by atoms with Gasteiger partial charge in [-0.15, -0.1) is 0 Å². The third-order valence-corrected chi connectivity index (χ3v) is 2.93. The lowest BCUT2D eigenvalue weighted by Gasteiger charge is -2.15. The van der Waals surface area contributed by atoms with Crippen LogP contribution in [-0.2, 0) is 13.0 Å². The molecule has 0 aliphatic carbocycles. The van der Waals surface area contributed by atoms with E-state index in [0.717, 1.165) is 11.9 Å². The van der Waals surface area contributed by atoms with Crippen LogP contribution in [0.2, 0.25) is 0 Å². The van der Waals surface area contributed by atoms with Gasteiger partial charge in [-0.25, -0.2) is 4.98 Å². The van der Waals surface area contributed by atoms with E-state index in [1.807, 2.05) is 19.1 Å². The number of aryl methyl sites for hydroxylation is 1. The maximum Gasteiger partial charge on any atom is 0.414 e. The van der Waals surface area contributed by atoms with Gasteiger partial charge in [0.2, 0.25) is 0 Å². The van der Waals surface area contributed by atoms with Crippen molar-refractivity contribution < 1.29 is 18.3 Å². The summed E-state index contributed by atoms with van der Waals surface area (Å²) in [6, 6.07) is 7.18. The average Bonchev–Trinajstić information content (AvgIpc) is 2.67. The molecule has 0 unspecified atom stereocenters. The summed E-state index contributed by atoms with van der Waals surface area (Å²) in [6.07, 6.45) is -6.72. The number of alkyl halides is 3. The van der Waals surface area contributed by atoms with E-state index in [1.54, 1.807) is 16.7 Å². The Hall–Kier alpha value is -1.56. The van der Waals surface area contributed by atoms with Crippen molar-refractivity contribution in [2.45, 2.75) is 38.6 Å². The van der Waals surface area contributed by atoms with Crippen LogP contribution in [0.3, 0.4) is 0 Å². The summed E-state index contributed by atoms with van der Waals surface area (Å²) >= 11 is 0. The van der Waals surface area contributed by atoms with E-state index in [0.29, 0.717) is 12.1 Å². The molecule has 0 aliphatic heterocycles. The number of aliphatic hydroxyl groups excluding tert-OH is 1. The molecule has 0 radical (unpaired) electrons. The third kappa shape index (κ3) is 2.89. The monoisotopic (exact) mass is 272 g/mol. The van der Waals surface area contributed by atoms with E-state index >= 15 is 0 Å². The molecule has 1 aromatic heterocycles. The molecular formula is C13H15F3N2O. The number of nitrogens with zero attached hydrogens (tertiary/aromatic N) is 2. The number of halogens is 3. The van der Waals surface area contributed by atoms with Crippen molar-refractivity contribution >= 4 is 11.0 Å². The van der Waals surface area contributed by atoms with Gasteiger partial charge in [0.05, 0.1) is 11.0 Å². The van der Waals surface area contributed by atoms with Crippen LogP contribution in [0.4, 0.5) is 13.2 Å². The van der Waals surface area contributed by atoms with Gasteiger partial charge in [0, 0.05) is 13.0 Å². The molecule has 1 heterocycles. The molecule has 0 fully saturated rings. The Kier molecular flexibility index (Phi) is 3.80. The predicted molar refractivity (Wildman–Crippen MR) is 65.8 cm³/mol. The van der Waals surface area contributed by atoms with Gasteiger partial charge in [-0.2, -0.15) is 13.2 Å². The summed E-state index contributed by atoms with van der Waals surface area (Å²) in [7, 11) is 0. The molecule has 0 amide bonds. The van der Waals surface area contributed by atoms with E-state index in [2.05, 4.69) is 4.98 Å². The fourth-order valence-corrected chi connectivity index (χ4v) is 2.04. The van der Waals surface area contributed by atoms with Gasteiger partial charge in [-0.1, -0.05) is 19.1 Å². The van der Waals surface area contributed by atoms with Crippen molar-refractivity contribution in [1.29, 1.82) is 0 Å². The van der Waals surface area contributed by atoms with Crippen molar-refractivity contribution in [2.24, 2.45) is 0 Å². The number of rotatable bonds is 4. The van der Waals surface area contributed by atoms with Crippen LogP contribution in [0.5, 0.6) is 0 Å². The Morgan fingerprint density at radius 1 is 1.32 bits per heavy atom. The molecule has 0 bridgehead atoms. The zero-order valence-corrected chi connectivity index (χ0v) is 10.5. The quantitative estimate of drug-likeness (QED) is 0.929. The van der Waals surface area contributed by atoms with E-state index in [9.17, 15) is 18.3 Å².